The van der Waals surface area contributed by atoms with Crippen molar-refractivity contribution in [2.24, 2.45) is 5.92 Å². The van der Waals surface area contributed by atoms with Gasteiger partial charge in [-0.2, -0.15) is 0 Å². The Hall–Kier alpha value is -2.45. The quantitative estimate of drug-likeness (QED) is 0.617. The molecule has 2 aromatic rings. The molecule has 3 heterocycles. The normalized spacial score (nSPS) is 26.4. The fraction of sp³-hybridized carbons (Fsp3) is 0.625. The van der Waals surface area contributed by atoms with Gasteiger partial charge in [-0.25, -0.2) is 5.43 Å². The highest BCUT2D eigenvalue weighted by Gasteiger charge is 2.47. The summed E-state index contributed by atoms with van der Waals surface area (Å²) in [7, 11) is 0. The molecule has 0 spiro atoms. The molecule has 2 fully saturated rings. The summed E-state index contributed by atoms with van der Waals surface area (Å²) >= 11 is 0. The molecule has 0 bridgehead atoms. The lowest BCUT2D eigenvalue weighted by atomic mass is 9.81. The van der Waals surface area contributed by atoms with Crippen LogP contribution in [0.3, 0.4) is 0 Å². The van der Waals surface area contributed by atoms with E-state index in [0.29, 0.717) is 31.1 Å². The highest BCUT2D eigenvalue weighted by Crippen LogP contribution is 2.44. The second kappa shape index (κ2) is 9.19. The van der Waals surface area contributed by atoms with Crippen LogP contribution in [0.2, 0.25) is 0 Å². The van der Waals surface area contributed by atoms with Gasteiger partial charge in [-0.3, -0.25) is 19.7 Å². The molecule has 8 nitrogen and oxygen atoms in total. The molecule has 1 aromatic heterocycles. The highest BCUT2D eigenvalue weighted by molar-refractivity contribution is 5.75. The van der Waals surface area contributed by atoms with E-state index < -0.39 is 0 Å². The Morgan fingerprint density at radius 3 is 2.97 bits per heavy atom. The minimum atomic E-state index is 0.117. The maximum absolute atomic E-state index is 12.4. The second-order valence-corrected chi connectivity index (χ2v) is 9.58. The summed E-state index contributed by atoms with van der Waals surface area (Å²) in [5.74, 6) is 2.62. The Bertz CT molecular complexity index is 958. The maximum Gasteiger partial charge on any atom is 0.243 e. The Labute approximate surface area is 190 Å². The molecule has 2 aliphatic heterocycles. The summed E-state index contributed by atoms with van der Waals surface area (Å²) in [4.78, 5) is 12.4. The van der Waals surface area contributed by atoms with Crippen molar-refractivity contribution in [2.45, 2.75) is 83.6 Å². The van der Waals surface area contributed by atoms with Crippen LogP contribution in [0.15, 0.2) is 24.3 Å². The third kappa shape index (κ3) is 4.26. The van der Waals surface area contributed by atoms with Crippen LogP contribution in [0.25, 0.3) is 0 Å². The van der Waals surface area contributed by atoms with Gasteiger partial charge in [0.25, 0.3) is 0 Å². The van der Waals surface area contributed by atoms with Crippen molar-refractivity contribution < 1.29 is 4.79 Å². The Morgan fingerprint density at radius 1 is 1.22 bits per heavy atom. The number of aryl methyl sites for hydroxylation is 2. The zero-order chi connectivity index (χ0) is 22.1. The molecule has 3 N–H and O–H groups in total. The number of hydrazine groups is 1. The monoisotopic (exact) mass is 437 g/mol. The Balaban J connectivity index is 1.17. The number of amides is 1. The average molecular weight is 438 g/mol. The van der Waals surface area contributed by atoms with Crippen molar-refractivity contribution in [3.8, 4) is 0 Å². The molecule has 172 valence electrons. The number of hydrogen-bond acceptors (Lipinski definition) is 6. The van der Waals surface area contributed by atoms with E-state index in [1.165, 1.54) is 36.8 Å². The summed E-state index contributed by atoms with van der Waals surface area (Å²) in [5, 5.41) is 18.0. The lowest BCUT2D eigenvalue weighted by molar-refractivity contribution is -0.121. The van der Waals surface area contributed by atoms with Gasteiger partial charge in [0, 0.05) is 31.3 Å². The van der Waals surface area contributed by atoms with Gasteiger partial charge in [0.1, 0.15) is 12.0 Å². The molecule has 32 heavy (non-hydrogen) atoms. The molecule has 1 aromatic carbocycles. The van der Waals surface area contributed by atoms with Crippen molar-refractivity contribution in [1.29, 1.82) is 0 Å². The zero-order valence-corrected chi connectivity index (χ0v) is 19.2. The minimum absolute atomic E-state index is 0.117. The van der Waals surface area contributed by atoms with Crippen LogP contribution in [0.5, 0.6) is 0 Å². The molecule has 1 saturated heterocycles. The van der Waals surface area contributed by atoms with Gasteiger partial charge < -0.3 is 5.32 Å². The van der Waals surface area contributed by atoms with Gasteiger partial charge >= 0.3 is 0 Å². The van der Waals surface area contributed by atoms with E-state index in [4.69, 9.17) is 0 Å². The average Bonchev–Trinajstić information content (AvgIpc) is 3.38. The molecule has 1 amide bonds. The third-order valence-electron chi connectivity index (χ3n) is 7.14. The fourth-order valence-corrected chi connectivity index (χ4v) is 5.68. The van der Waals surface area contributed by atoms with E-state index >= 15 is 0 Å². The van der Waals surface area contributed by atoms with E-state index in [2.05, 4.69) is 73.9 Å². The van der Waals surface area contributed by atoms with Crippen molar-refractivity contribution >= 4 is 11.9 Å². The van der Waals surface area contributed by atoms with Crippen molar-refractivity contribution in [3.63, 3.8) is 0 Å². The van der Waals surface area contributed by atoms with Crippen LogP contribution in [0.4, 0.5) is 5.95 Å². The number of aromatic nitrogens is 3. The molecule has 1 aliphatic carbocycles. The lowest BCUT2D eigenvalue weighted by Gasteiger charge is -2.44. The summed E-state index contributed by atoms with van der Waals surface area (Å²) in [6, 6.07) is 8.90. The number of carbonyl (C=O) groups is 1. The van der Waals surface area contributed by atoms with Crippen LogP contribution in [-0.2, 0) is 17.6 Å². The first-order valence-corrected chi connectivity index (χ1v) is 12.2. The first-order valence-electron chi connectivity index (χ1n) is 12.2. The van der Waals surface area contributed by atoms with Gasteiger partial charge in [0.2, 0.25) is 11.9 Å². The summed E-state index contributed by atoms with van der Waals surface area (Å²) in [5.41, 5.74) is 6.03. The standard InChI is InChI=1S/C24H35N7O/c1-16-7-5-8-18(15-16)13-14-25-22(32)12-6-11-21-27-28-24-30(21)20-10-4-3-9-19(20)23-26-17(2)29-31(23)24/h5,7-8,15,17,19-20,23,26,29H,3-4,6,9-14H2,1-2H3,(H,25,32). The maximum atomic E-state index is 12.4. The van der Waals surface area contributed by atoms with Gasteiger partial charge in [-0.1, -0.05) is 42.7 Å². The van der Waals surface area contributed by atoms with Gasteiger partial charge in [-0.05, 0) is 45.1 Å². The SMILES string of the molecule is Cc1cccc(CCNC(=O)CCCc2nnc3n2C2CCCCC2C2NC(C)NN32)c1. The first-order chi connectivity index (χ1) is 15.6. The van der Waals surface area contributed by atoms with Gasteiger partial charge in [0.15, 0.2) is 0 Å². The summed E-state index contributed by atoms with van der Waals surface area (Å²) in [6.07, 6.45) is 8.44. The number of nitrogens with zero attached hydrogens (tertiary/aromatic N) is 4. The highest BCUT2D eigenvalue weighted by atomic mass is 16.1. The number of hydrogen-bond donors (Lipinski definition) is 3. The number of benzene rings is 1. The van der Waals surface area contributed by atoms with Gasteiger partial charge in [0.05, 0.1) is 6.17 Å². The molecule has 4 unspecified atom stereocenters. The summed E-state index contributed by atoms with van der Waals surface area (Å²) < 4.78 is 2.36. The molecule has 3 aliphatic rings. The number of fused-ring (bicyclic) bond motifs is 6. The summed E-state index contributed by atoms with van der Waals surface area (Å²) in [6.45, 7) is 4.92. The first kappa shape index (κ1) is 21.4. The Morgan fingerprint density at radius 2 is 2.09 bits per heavy atom. The topological polar surface area (TPSA) is 87.1 Å². The van der Waals surface area contributed by atoms with Crippen molar-refractivity contribution in [3.05, 3.63) is 41.2 Å². The van der Waals surface area contributed by atoms with E-state index in [0.717, 1.165) is 31.0 Å². The fourth-order valence-electron chi connectivity index (χ4n) is 5.68. The molecule has 5 rings (SSSR count). The molecule has 8 heteroatoms. The molecule has 1 saturated carbocycles. The van der Waals surface area contributed by atoms with Crippen LogP contribution < -0.4 is 21.1 Å². The number of rotatable bonds is 7. The van der Waals surface area contributed by atoms with E-state index in [1.807, 2.05) is 0 Å². The second-order valence-electron chi connectivity index (χ2n) is 9.58. The van der Waals surface area contributed by atoms with Crippen molar-refractivity contribution in [2.75, 3.05) is 11.6 Å². The molecule has 0 radical (unpaired) electrons. The van der Waals surface area contributed by atoms with Crippen LogP contribution in [-0.4, -0.2) is 39.5 Å². The lowest BCUT2D eigenvalue weighted by Crippen LogP contribution is -2.53. The zero-order valence-electron chi connectivity index (χ0n) is 19.2. The van der Waals surface area contributed by atoms with Crippen LogP contribution in [0.1, 0.15) is 68.4 Å². The third-order valence-corrected chi connectivity index (χ3v) is 7.14. The van der Waals surface area contributed by atoms with Gasteiger partial charge in [-0.15, -0.1) is 10.2 Å². The Kier molecular flexibility index (Phi) is 6.15. The predicted octanol–water partition coefficient (Wildman–Crippen LogP) is 2.60. The molecular formula is C24H35N7O. The van der Waals surface area contributed by atoms with Crippen LogP contribution >= 0.6 is 0 Å². The molecule has 4 atom stereocenters. The smallest absolute Gasteiger partial charge is 0.243 e. The predicted molar refractivity (Wildman–Crippen MR) is 124 cm³/mol. The minimum Gasteiger partial charge on any atom is -0.356 e. The van der Waals surface area contributed by atoms with E-state index in [1.54, 1.807) is 0 Å². The van der Waals surface area contributed by atoms with E-state index in [-0.39, 0.29) is 12.1 Å². The van der Waals surface area contributed by atoms with E-state index in [9.17, 15) is 4.79 Å². The number of carbonyl (C=O) groups excluding carboxylic acids is 1. The number of anilines is 1. The van der Waals surface area contributed by atoms with Crippen LogP contribution in [0, 0.1) is 12.8 Å². The molecular weight excluding hydrogens is 402 g/mol. The largest absolute Gasteiger partial charge is 0.356 e. The van der Waals surface area contributed by atoms with Crippen molar-refractivity contribution in [1.82, 2.24) is 30.8 Å². The number of nitrogens with one attached hydrogen (secondary N) is 3.